The van der Waals surface area contributed by atoms with Crippen molar-refractivity contribution in [3.63, 3.8) is 0 Å². The van der Waals surface area contributed by atoms with E-state index in [1.807, 2.05) is 0 Å². The van der Waals surface area contributed by atoms with E-state index in [9.17, 15) is 43.2 Å². The molecule has 5 unspecified atom stereocenters. The maximum atomic E-state index is 13.1. The normalized spacial score (nSPS) is 14.5. The summed E-state index contributed by atoms with van der Waals surface area (Å²) >= 11 is 0. The standard InChI is InChI=1S/C82H160O17P2/c1-9-74(7)60-52-44-36-28-22-18-15-16-20-24-31-39-48-56-64-81(86)98-77(68-92-79(84)62-54-46-38-30-23-19-14-12-11-13-17-21-27-34-42-50-58-72(3)4)70-96-100(88,89)94-66-76(83)67-95-101(90,91)97-71-78(69-93-80(85)63-55-47-41-33-35-43-51-59-73(5)6)99-82(87)65-57-49-40-32-26-25-29-37-45-53-61-75(8)10-2/h72-78,83H,9-71H2,1-8H3,(H,88,89)(H,90,91)/t74?,75?,76?,77-,78-/m1/s1. The Kier molecular flexibility index (Phi) is 69.6. The van der Waals surface area contributed by atoms with Crippen LogP contribution in [0.5, 0.6) is 0 Å². The summed E-state index contributed by atoms with van der Waals surface area (Å²) in [6.45, 7) is 14.3. The van der Waals surface area contributed by atoms with Crippen molar-refractivity contribution in [1.82, 2.24) is 0 Å². The largest absolute Gasteiger partial charge is 0.472 e. The summed E-state index contributed by atoms with van der Waals surface area (Å²) in [5.41, 5.74) is 0. The average Bonchev–Trinajstić information content (AvgIpc) is 0.952. The number of unbranched alkanes of at least 4 members (excludes halogenated alkanes) is 43. The third-order valence-corrected chi connectivity index (χ3v) is 21.7. The summed E-state index contributed by atoms with van der Waals surface area (Å²) in [5.74, 6) is 1.05. The number of phosphoric ester groups is 2. The van der Waals surface area contributed by atoms with Gasteiger partial charge in [-0.05, 0) is 49.4 Å². The van der Waals surface area contributed by atoms with E-state index in [2.05, 4.69) is 55.4 Å². The summed E-state index contributed by atoms with van der Waals surface area (Å²) in [6, 6.07) is 0. The van der Waals surface area contributed by atoms with Crippen molar-refractivity contribution in [2.24, 2.45) is 23.7 Å². The Morgan fingerprint density at radius 1 is 0.277 bits per heavy atom. The number of aliphatic hydroxyl groups excluding tert-OH is 1. The number of aliphatic hydroxyl groups is 1. The van der Waals surface area contributed by atoms with Crippen LogP contribution in [0.3, 0.4) is 0 Å². The molecule has 0 aromatic carbocycles. The van der Waals surface area contributed by atoms with E-state index < -0.39 is 97.5 Å². The van der Waals surface area contributed by atoms with Gasteiger partial charge in [0.1, 0.15) is 19.3 Å². The van der Waals surface area contributed by atoms with Crippen molar-refractivity contribution in [3.8, 4) is 0 Å². The summed E-state index contributed by atoms with van der Waals surface area (Å²) in [4.78, 5) is 73.1. The van der Waals surface area contributed by atoms with Gasteiger partial charge in [-0.2, -0.15) is 0 Å². The number of carbonyl (C=O) groups excluding carboxylic acids is 4. The number of hydrogen-bond donors (Lipinski definition) is 3. The molecule has 0 amide bonds. The lowest BCUT2D eigenvalue weighted by Gasteiger charge is -2.21. The van der Waals surface area contributed by atoms with Gasteiger partial charge in [0.2, 0.25) is 0 Å². The zero-order chi connectivity index (χ0) is 74.6. The first-order valence-electron chi connectivity index (χ1n) is 42.3. The fraction of sp³-hybridized carbons (Fsp3) is 0.951. The first-order valence-corrected chi connectivity index (χ1v) is 45.3. The van der Waals surface area contributed by atoms with E-state index in [1.54, 1.807) is 0 Å². The lowest BCUT2D eigenvalue weighted by atomic mass is 9.99. The number of phosphoric acid groups is 2. The third kappa shape index (κ3) is 73.4. The SMILES string of the molecule is CCC(C)CCCCCCCCCCCCCCCCC(=O)O[C@H](COC(=O)CCCCCCCCCCCCCCCCCCC(C)C)COP(=O)(O)OCC(O)COP(=O)(O)OC[C@@H](COC(=O)CCCCCCCCCC(C)C)OC(=O)CCCCCCCCCCCCC(C)CC. The third-order valence-electron chi connectivity index (χ3n) is 19.8. The van der Waals surface area contributed by atoms with Gasteiger partial charge in [0.05, 0.1) is 26.4 Å². The molecule has 0 aliphatic rings. The predicted molar refractivity (Wildman–Crippen MR) is 414 cm³/mol. The predicted octanol–water partition coefficient (Wildman–Crippen LogP) is 24.4. The van der Waals surface area contributed by atoms with Gasteiger partial charge in [-0.25, -0.2) is 9.13 Å². The lowest BCUT2D eigenvalue weighted by molar-refractivity contribution is -0.161. The Morgan fingerprint density at radius 3 is 0.703 bits per heavy atom. The molecule has 0 heterocycles. The minimum Gasteiger partial charge on any atom is -0.462 e. The molecule has 101 heavy (non-hydrogen) atoms. The molecule has 0 fully saturated rings. The fourth-order valence-electron chi connectivity index (χ4n) is 12.5. The molecule has 0 aliphatic carbocycles. The Labute approximate surface area is 619 Å². The highest BCUT2D eigenvalue weighted by molar-refractivity contribution is 7.47. The number of rotatable bonds is 79. The maximum Gasteiger partial charge on any atom is 0.472 e. The van der Waals surface area contributed by atoms with Gasteiger partial charge in [-0.3, -0.25) is 37.3 Å². The van der Waals surface area contributed by atoms with Crippen LogP contribution in [0.4, 0.5) is 0 Å². The highest BCUT2D eigenvalue weighted by atomic mass is 31.2. The minimum atomic E-state index is -4.96. The molecular formula is C82H160O17P2. The smallest absolute Gasteiger partial charge is 0.462 e. The molecule has 0 radical (unpaired) electrons. The van der Waals surface area contributed by atoms with Crippen LogP contribution in [-0.4, -0.2) is 96.7 Å². The second-order valence-electron chi connectivity index (χ2n) is 31.0. The summed E-state index contributed by atoms with van der Waals surface area (Å²) < 4.78 is 68.7. The lowest BCUT2D eigenvalue weighted by Crippen LogP contribution is -2.30. The van der Waals surface area contributed by atoms with E-state index in [-0.39, 0.29) is 25.7 Å². The van der Waals surface area contributed by atoms with Gasteiger partial charge < -0.3 is 33.8 Å². The molecule has 0 aliphatic heterocycles. The number of carbonyl (C=O) groups is 4. The molecule has 0 bridgehead atoms. The van der Waals surface area contributed by atoms with Gasteiger partial charge in [-0.15, -0.1) is 0 Å². The van der Waals surface area contributed by atoms with Crippen molar-refractivity contribution < 1.29 is 80.2 Å². The Bertz CT molecular complexity index is 1980. The molecule has 17 nitrogen and oxygen atoms in total. The topological polar surface area (TPSA) is 237 Å². The number of esters is 4. The summed E-state index contributed by atoms with van der Waals surface area (Å²) in [5, 5.41) is 10.6. The van der Waals surface area contributed by atoms with Gasteiger partial charge in [-0.1, -0.05) is 370 Å². The summed E-state index contributed by atoms with van der Waals surface area (Å²) in [6.07, 6.45) is 58.2. The highest BCUT2D eigenvalue weighted by Gasteiger charge is 2.30. The van der Waals surface area contributed by atoms with Crippen LogP contribution in [0.2, 0.25) is 0 Å². The van der Waals surface area contributed by atoms with Crippen molar-refractivity contribution in [2.45, 2.75) is 440 Å². The Hall–Kier alpha value is -1.94. The van der Waals surface area contributed by atoms with Gasteiger partial charge in [0, 0.05) is 25.7 Å². The molecule has 3 N–H and O–H groups in total. The molecule has 0 aromatic heterocycles. The zero-order valence-corrected chi connectivity index (χ0v) is 68.3. The van der Waals surface area contributed by atoms with Crippen LogP contribution >= 0.6 is 15.6 Å². The van der Waals surface area contributed by atoms with Crippen LogP contribution in [0, 0.1) is 23.7 Å². The highest BCUT2D eigenvalue weighted by Crippen LogP contribution is 2.45. The number of hydrogen-bond acceptors (Lipinski definition) is 15. The molecule has 600 valence electrons. The van der Waals surface area contributed by atoms with Crippen LogP contribution in [-0.2, 0) is 65.4 Å². The molecule has 0 aromatic rings. The van der Waals surface area contributed by atoms with Crippen LogP contribution in [0.25, 0.3) is 0 Å². The average molecular weight is 1480 g/mol. The van der Waals surface area contributed by atoms with Crippen LogP contribution < -0.4 is 0 Å². The van der Waals surface area contributed by atoms with Crippen LogP contribution in [0.1, 0.15) is 421 Å². The molecule has 19 heteroatoms. The van der Waals surface area contributed by atoms with Crippen molar-refractivity contribution in [3.05, 3.63) is 0 Å². The first-order chi connectivity index (χ1) is 48.7. The Morgan fingerprint density at radius 2 is 0.475 bits per heavy atom. The second-order valence-corrected chi connectivity index (χ2v) is 33.9. The summed E-state index contributed by atoms with van der Waals surface area (Å²) in [7, 11) is -9.92. The quantitative estimate of drug-likeness (QED) is 0.0222. The molecule has 0 saturated carbocycles. The van der Waals surface area contributed by atoms with Crippen molar-refractivity contribution in [1.29, 1.82) is 0 Å². The monoisotopic (exact) mass is 1480 g/mol. The first kappa shape index (κ1) is 99.1. The maximum absolute atomic E-state index is 13.1. The second kappa shape index (κ2) is 71.0. The van der Waals surface area contributed by atoms with Gasteiger partial charge >= 0.3 is 39.5 Å². The van der Waals surface area contributed by atoms with E-state index in [1.165, 1.54) is 218 Å². The minimum absolute atomic E-state index is 0.105. The van der Waals surface area contributed by atoms with Gasteiger partial charge in [0.15, 0.2) is 12.2 Å². The molecule has 7 atom stereocenters. The van der Waals surface area contributed by atoms with Crippen molar-refractivity contribution >= 4 is 39.5 Å². The molecular weight excluding hydrogens is 1320 g/mol. The van der Waals surface area contributed by atoms with E-state index in [4.69, 9.17) is 37.0 Å². The van der Waals surface area contributed by atoms with Crippen LogP contribution in [0.15, 0.2) is 0 Å². The van der Waals surface area contributed by atoms with E-state index in [0.717, 1.165) is 114 Å². The Balaban J connectivity index is 5.25. The zero-order valence-electron chi connectivity index (χ0n) is 66.5. The molecule has 0 saturated heterocycles. The number of ether oxygens (including phenoxy) is 4. The molecule has 0 spiro atoms. The van der Waals surface area contributed by atoms with Crippen molar-refractivity contribution in [2.75, 3.05) is 39.6 Å². The van der Waals surface area contributed by atoms with E-state index >= 15 is 0 Å². The van der Waals surface area contributed by atoms with E-state index in [0.29, 0.717) is 31.6 Å². The van der Waals surface area contributed by atoms with Gasteiger partial charge in [0.25, 0.3) is 0 Å². The fourth-order valence-corrected chi connectivity index (χ4v) is 14.1. The molecule has 0 rings (SSSR count).